The molecule has 1 aromatic rings. The van der Waals surface area contributed by atoms with Crippen LogP contribution in [0.15, 0.2) is 12.5 Å². The van der Waals surface area contributed by atoms with Crippen LogP contribution in [-0.2, 0) is 0 Å². The molecule has 0 saturated carbocycles. The standard InChI is InChI=1S/C7H11N3O/c1-10(2)7-6(11-3)4-8-5-9-7/h4-5H,1-3H3. The summed E-state index contributed by atoms with van der Waals surface area (Å²) in [7, 11) is 5.42. The molecule has 0 saturated heterocycles. The highest BCUT2D eigenvalue weighted by atomic mass is 16.5. The van der Waals surface area contributed by atoms with E-state index < -0.39 is 0 Å². The van der Waals surface area contributed by atoms with Crippen LogP contribution in [0.4, 0.5) is 5.82 Å². The Morgan fingerprint density at radius 3 is 2.64 bits per heavy atom. The zero-order chi connectivity index (χ0) is 8.27. The highest BCUT2D eigenvalue weighted by Crippen LogP contribution is 2.20. The van der Waals surface area contributed by atoms with Crippen molar-refractivity contribution in [3.63, 3.8) is 0 Å². The molecule has 0 aliphatic carbocycles. The van der Waals surface area contributed by atoms with Gasteiger partial charge in [0.05, 0.1) is 13.3 Å². The van der Waals surface area contributed by atoms with E-state index in [1.54, 1.807) is 13.3 Å². The van der Waals surface area contributed by atoms with Gasteiger partial charge in [-0.2, -0.15) is 0 Å². The van der Waals surface area contributed by atoms with Crippen LogP contribution < -0.4 is 9.64 Å². The van der Waals surface area contributed by atoms with Gasteiger partial charge in [0.2, 0.25) is 0 Å². The zero-order valence-electron chi connectivity index (χ0n) is 6.90. The zero-order valence-corrected chi connectivity index (χ0v) is 6.90. The number of hydrogen-bond acceptors (Lipinski definition) is 4. The van der Waals surface area contributed by atoms with E-state index in [4.69, 9.17) is 4.74 Å². The van der Waals surface area contributed by atoms with Gasteiger partial charge in [0.25, 0.3) is 0 Å². The molecule has 4 heteroatoms. The number of methoxy groups -OCH3 is 1. The third kappa shape index (κ3) is 1.58. The molecule has 1 rings (SSSR count). The Hall–Kier alpha value is -1.32. The van der Waals surface area contributed by atoms with Crippen LogP contribution in [0.2, 0.25) is 0 Å². The van der Waals surface area contributed by atoms with E-state index in [9.17, 15) is 0 Å². The molecule has 0 aliphatic rings. The summed E-state index contributed by atoms with van der Waals surface area (Å²) in [4.78, 5) is 9.75. The van der Waals surface area contributed by atoms with Gasteiger partial charge in [-0.05, 0) is 0 Å². The number of anilines is 1. The van der Waals surface area contributed by atoms with Crippen LogP contribution in [0.5, 0.6) is 5.75 Å². The van der Waals surface area contributed by atoms with E-state index in [1.165, 1.54) is 6.33 Å². The lowest BCUT2D eigenvalue weighted by Crippen LogP contribution is -2.12. The fraction of sp³-hybridized carbons (Fsp3) is 0.429. The summed E-state index contributed by atoms with van der Waals surface area (Å²) in [6.45, 7) is 0. The first-order valence-corrected chi connectivity index (χ1v) is 3.27. The third-order valence-electron chi connectivity index (χ3n) is 1.30. The average Bonchev–Trinajstić information content (AvgIpc) is 2.04. The molecule has 0 spiro atoms. The summed E-state index contributed by atoms with van der Waals surface area (Å²) in [5.74, 6) is 1.49. The van der Waals surface area contributed by atoms with E-state index in [0.717, 1.165) is 5.82 Å². The van der Waals surface area contributed by atoms with Crippen molar-refractivity contribution in [1.82, 2.24) is 9.97 Å². The van der Waals surface area contributed by atoms with Crippen molar-refractivity contribution in [2.75, 3.05) is 26.1 Å². The van der Waals surface area contributed by atoms with Crippen LogP contribution in [-0.4, -0.2) is 31.2 Å². The van der Waals surface area contributed by atoms with Crippen LogP contribution in [0.1, 0.15) is 0 Å². The van der Waals surface area contributed by atoms with Gasteiger partial charge in [-0.15, -0.1) is 0 Å². The molecule has 0 aromatic carbocycles. The summed E-state index contributed by atoms with van der Waals surface area (Å²) in [5, 5.41) is 0. The summed E-state index contributed by atoms with van der Waals surface area (Å²) >= 11 is 0. The molecular formula is C7H11N3O. The van der Waals surface area contributed by atoms with Crippen LogP contribution in [0, 0.1) is 0 Å². The fourth-order valence-electron chi connectivity index (χ4n) is 0.790. The molecular weight excluding hydrogens is 142 g/mol. The van der Waals surface area contributed by atoms with Crippen LogP contribution in [0.25, 0.3) is 0 Å². The predicted molar refractivity (Wildman–Crippen MR) is 42.9 cm³/mol. The number of rotatable bonds is 2. The maximum absolute atomic E-state index is 5.04. The summed E-state index contributed by atoms with van der Waals surface area (Å²) < 4.78 is 5.04. The first-order chi connectivity index (χ1) is 5.25. The van der Waals surface area contributed by atoms with Gasteiger partial charge in [-0.3, -0.25) is 0 Å². The number of ether oxygens (including phenoxy) is 1. The third-order valence-corrected chi connectivity index (χ3v) is 1.30. The lowest BCUT2D eigenvalue weighted by Gasteiger charge is -2.13. The minimum absolute atomic E-state index is 0.692. The van der Waals surface area contributed by atoms with Crippen LogP contribution >= 0.6 is 0 Å². The Labute approximate surface area is 65.8 Å². The van der Waals surface area contributed by atoms with Crippen molar-refractivity contribution in [3.05, 3.63) is 12.5 Å². The maximum Gasteiger partial charge on any atom is 0.179 e. The second kappa shape index (κ2) is 3.18. The van der Waals surface area contributed by atoms with Crippen molar-refractivity contribution < 1.29 is 4.74 Å². The maximum atomic E-state index is 5.04. The van der Waals surface area contributed by atoms with E-state index in [2.05, 4.69) is 9.97 Å². The van der Waals surface area contributed by atoms with Gasteiger partial charge in [0, 0.05) is 14.1 Å². The first-order valence-electron chi connectivity index (χ1n) is 3.27. The average molecular weight is 153 g/mol. The quantitative estimate of drug-likeness (QED) is 0.622. The Morgan fingerprint density at radius 1 is 1.45 bits per heavy atom. The molecule has 4 nitrogen and oxygen atoms in total. The SMILES string of the molecule is COc1cncnc1N(C)C. The Morgan fingerprint density at radius 2 is 2.18 bits per heavy atom. The summed E-state index contributed by atoms with van der Waals surface area (Å²) in [6.07, 6.45) is 3.14. The molecule has 60 valence electrons. The summed E-state index contributed by atoms with van der Waals surface area (Å²) in [6, 6.07) is 0. The number of nitrogens with zero attached hydrogens (tertiary/aromatic N) is 3. The molecule has 0 radical (unpaired) electrons. The van der Waals surface area contributed by atoms with Gasteiger partial charge >= 0.3 is 0 Å². The topological polar surface area (TPSA) is 38.3 Å². The second-order valence-electron chi connectivity index (χ2n) is 2.31. The summed E-state index contributed by atoms with van der Waals surface area (Å²) in [5.41, 5.74) is 0. The molecule has 0 N–H and O–H groups in total. The van der Waals surface area contributed by atoms with E-state index >= 15 is 0 Å². The van der Waals surface area contributed by atoms with E-state index in [1.807, 2.05) is 19.0 Å². The molecule has 1 heterocycles. The molecule has 0 amide bonds. The fourth-order valence-corrected chi connectivity index (χ4v) is 0.790. The van der Waals surface area contributed by atoms with Gasteiger partial charge in [0.15, 0.2) is 11.6 Å². The lowest BCUT2D eigenvalue weighted by atomic mass is 10.5. The normalized spacial score (nSPS) is 9.36. The van der Waals surface area contributed by atoms with Crippen LogP contribution in [0.3, 0.4) is 0 Å². The Kier molecular flexibility index (Phi) is 2.25. The number of aromatic nitrogens is 2. The van der Waals surface area contributed by atoms with Crippen molar-refractivity contribution in [2.24, 2.45) is 0 Å². The molecule has 0 bridgehead atoms. The van der Waals surface area contributed by atoms with Gasteiger partial charge in [-0.1, -0.05) is 0 Å². The van der Waals surface area contributed by atoms with Crippen molar-refractivity contribution in [1.29, 1.82) is 0 Å². The molecule has 0 unspecified atom stereocenters. The number of hydrogen-bond donors (Lipinski definition) is 0. The highest BCUT2D eigenvalue weighted by molar-refractivity contribution is 5.48. The smallest absolute Gasteiger partial charge is 0.179 e. The largest absolute Gasteiger partial charge is 0.491 e. The Balaban J connectivity index is 3.02. The predicted octanol–water partition coefficient (Wildman–Crippen LogP) is 0.551. The van der Waals surface area contributed by atoms with Crippen molar-refractivity contribution in [2.45, 2.75) is 0 Å². The minimum Gasteiger partial charge on any atom is -0.491 e. The molecule has 1 aromatic heterocycles. The van der Waals surface area contributed by atoms with Gasteiger partial charge in [0.1, 0.15) is 6.33 Å². The molecule has 0 atom stereocenters. The second-order valence-corrected chi connectivity index (χ2v) is 2.31. The van der Waals surface area contributed by atoms with E-state index in [0.29, 0.717) is 5.75 Å². The lowest BCUT2D eigenvalue weighted by molar-refractivity contribution is 0.411. The van der Waals surface area contributed by atoms with Crippen molar-refractivity contribution in [3.8, 4) is 5.75 Å². The van der Waals surface area contributed by atoms with Gasteiger partial charge in [-0.25, -0.2) is 9.97 Å². The highest BCUT2D eigenvalue weighted by Gasteiger charge is 2.03. The monoisotopic (exact) mass is 153 g/mol. The van der Waals surface area contributed by atoms with E-state index in [-0.39, 0.29) is 0 Å². The van der Waals surface area contributed by atoms with Crippen molar-refractivity contribution >= 4 is 5.82 Å². The first kappa shape index (κ1) is 7.78. The minimum atomic E-state index is 0.692. The molecule has 11 heavy (non-hydrogen) atoms. The molecule has 0 aliphatic heterocycles. The molecule has 0 fully saturated rings. The Bertz CT molecular complexity index is 237. The van der Waals surface area contributed by atoms with Gasteiger partial charge < -0.3 is 9.64 Å².